The number of H-pyrrole nitrogens is 2. The van der Waals surface area contributed by atoms with Gasteiger partial charge in [-0.2, -0.15) is 25.3 Å². The lowest BCUT2D eigenvalue weighted by molar-refractivity contribution is -0.136. The Morgan fingerprint density at radius 2 is 1.15 bits per heavy atom. The molecule has 6 aromatic rings. The van der Waals surface area contributed by atoms with Crippen molar-refractivity contribution in [2.75, 3.05) is 37.7 Å². The van der Waals surface area contributed by atoms with E-state index in [9.17, 15) is 53.4 Å². The summed E-state index contributed by atoms with van der Waals surface area (Å²) in [5.74, 6) is -7.49. The lowest BCUT2D eigenvalue weighted by Crippen LogP contribution is -2.61. The molecule has 26 nitrogen and oxygen atoms in total. The van der Waals surface area contributed by atoms with E-state index in [0.29, 0.717) is 48.0 Å². The number of fused-ring (bicyclic) bond motifs is 3. The van der Waals surface area contributed by atoms with Crippen molar-refractivity contribution in [1.29, 1.82) is 0 Å². The van der Waals surface area contributed by atoms with E-state index in [1.165, 1.54) is 35.6 Å². The van der Waals surface area contributed by atoms with E-state index in [4.69, 9.17) is 11.5 Å². The minimum atomic E-state index is -1.48. The number of unbranched alkanes of at least 4 members (excludes halogenated alkanes) is 1. The van der Waals surface area contributed by atoms with Crippen molar-refractivity contribution in [3.63, 3.8) is 0 Å². The summed E-state index contributed by atoms with van der Waals surface area (Å²) in [6.45, 7) is 7.62. The summed E-state index contributed by atoms with van der Waals surface area (Å²) in [6, 6.07) is 18.0. The van der Waals surface area contributed by atoms with Crippen LogP contribution in [0.3, 0.4) is 0 Å². The van der Waals surface area contributed by atoms with Crippen LogP contribution >= 0.6 is 25.3 Å². The number of para-hydroxylation sites is 1. The van der Waals surface area contributed by atoms with Crippen LogP contribution < -0.4 is 59.3 Å². The predicted molar refractivity (Wildman–Crippen MR) is 387 cm³/mol. The fraction of sp³-hybridized carbons (Fsp3) is 0.472. The fourth-order valence-corrected chi connectivity index (χ4v) is 13.8. The molecule has 4 aromatic carbocycles. The summed E-state index contributed by atoms with van der Waals surface area (Å²) >= 11 is 8.64. The molecule has 1 aliphatic carbocycles. The van der Waals surface area contributed by atoms with Crippen LogP contribution in [0.4, 0.5) is 0 Å². The molecule has 1 fully saturated rings. The Morgan fingerprint density at radius 3 is 1.79 bits per heavy atom. The molecule has 0 bridgehead atoms. The fourth-order valence-electron chi connectivity index (χ4n) is 13.3. The number of piperidine rings is 1. The second-order valence-electron chi connectivity index (χ2n) is 26.0. The zero-order valence-electron chi connectivity index (χ0n) is 56.7. The molecule has 538 valence electrons. The first-order valence-corrected chi connectivity index (χ1v) is 35.7. The van der Waals surface area contributed by atoms with E-state index in [0.717, 1.165) is 48.8 Å². The number of aromatic hydroxyl groups is 1. The number of hydrogen-bond donors (Lipinski definition) is 17. The lowest BCUT2D eigenvalue weighted by atomic mass is 9.72. The summed E-state index contributed by atoms with van der Waals surface area (Å²) in [5, 5.41) is 46.8. The summed E-state index contributed by atoms with van der Waals surface area (Å²) in [5.41, 5.74) is 17.6. The lowest BCUT2D eigenvalue weighted by Gasteiger charge is -2.47. The number of amides is 10. The number of aliphatic hydroxyl groups excluding tert-OH is 1. The van der Waals surface area contributed by atoms with Gasteiger partial charge in [-0.15, -0.1) is 0 Å². The molecule has 3 heterocycles. The smallest absolute Gasteiger partial charge is 0.244 e. The Labute approximate surface area is 592 Å². The number of primary amides is 1. The van der Waals surface area contributed by atoms with Gasteiger partial charge < -0.3 is 79.5 Å². The van der Waals surface area contributed by atoms with E-state index in [1.807, 2.05) is 18.2 Å². The minimum absolute atomic E-state index is 0.00746. The molecule has 0 spiro atoms. The van der Waals surface area contributed by atoms with Crippen molar-refractivity contribution in [2.45, 2.75) is 171 Å². The molecule has 17 N–H and O–H groups in total. The van der Waals surface area contributed by atoms with Crippen LogP contribution in [0.15, 0.2) is 109 Å². The Bertz CT molecular complexity index is 3800. The van der Waals surface area contributed by atoms with E-state index < -0.39 is 108 Å². The van der Waals surface area contributed by atoms with Crippen molar-refractivity contribution in [2.24, 2.45) is 17.4 Å². The van der Waals surface area contributed by atoms with Gasteiger partial charge in [-0.05, 0) is 129 Å². The van der Waals surface area contributed by atoms with Crippen LogP contribution in [-0.4, -0.2) is 182 Å². The van der Waals surface area contributed by atoms with Crippen LogP contribution in [-0.2, 0) is 73.6 Å². The Kier molecular flexibility index (Phi) is 28.8. The number of rotatable bonds is 38. The number of phenols is 1. The zero-order valence-corrected chi connectivity index (χ0v) is 58.5. The van der Waals surface area contributed by atoms with Crippen LogP contribution in [0.5, 0.6) is 5.75 Å². The molecule has 1 aliphatic heterocycles. The Balaban J connectivity index is 0.937. The molecular weight excluding hydrogens is 1320 g/mol. The van der Waals surface area contributed by atoms with Crippen molar-refractivity contribution >= 4 is 106 Å². The molecule has 1 saturated heterocycles. The number of aliphatic hydroxyl groups is 1. The average molecular weight is 1410 g/mol. The van der Waals surface area contributed by atoms with E-state index in [2.05, 4.69) is 119 Å². The van der Waals surface area contributed by atoms with Crippen LogP contribution in [0, 0.1) is 5.92 Å². The number of nitrogens with one attached hydrogen (secondary N) is 11. The predicted octanol–water partition coefficient (Wildman–Crippen LogP) is 2.25. The summed E-state index contributed by atoms with van der Waals surface area (Å²) in [7, 11) is 0. The van der Waals surface area contributed by atoms with Gasteiger partial charge in [0.05, 0.1) is 6.10 Å². The first-order chi connectivity index (χ1) is 48.1. The number of aromatic amines is 2. The molecule has 10 amide bonds. The molecule has 12 atom stereocenters. The number of likely N-dealkylation sites (tertiary alicyclic amines) is 1. The zero-order chi connectivity index (χ0) is 72.0. The molecule has 0 saturated carbocycles. The second-order valence-corrected chi connectivity index (χ2v) is 26.7. The largest absolute Gasteiger partial charge is 0.508 e. The number of phenolic OH excluding ortho intramolecular Hbond substituents is 1. The Hall–Kier alpha value is -8.96. The van der Waals surface area contributed by atoms with Gasteiger partial charge in [-0.3, -0.25) is 52.8 Å². The van der Waals surface area contributed by atoms with Crippen molar-refractivity contribution in [3.05, 3.63) is 137 Å². The molecule has 0 radical (unpaired) electrons. The number of thiol groups is 2. The number of benzene rings is 4. The summed E-state index contributed by atoms with van der Waals surface area (Å²) in [6.07, 6.45) is 6.08. The minimum Gasteiger partial charge on any atom is -0.508 e. The van der Waals surface area contributed by atoms with Crippen molar-refractivity contribution in [3.8, 4) is 5.75 Å². The number of carbonyl (C=O) groups excluding carboxylic acids is 10. The van der Waals surface area contributed by atoms with E-state index >= 15 is 4.79 Å². The topological polar surface area (TPSA) is 406 Å². The summed E-state index contributed by atoms with van der Waals surface area (Å²) in [4.78, 5) is 149. The maximum Gasteiger partial charge on any atom is 0.244 e. The average Bonchev–Trinajstić information content (AvgIpc) is 1.48. The normalized spacial score (nSPS) is 17.6. The third kappa shape index (κ3) is 21.1. The highest BCUT2D eigenvalue weighted by atomic mass is 32.1. The van der Waals surface area contributed by atoms with Crippen LogP contribution in [0.2, 0.25) is 0 Å². The second kappa shape index (κ2) is 37.5. The van der Waals surface area contributed by atoms with E-state index in [-0.39, 0.29) is 87.0 Å². The van der Waals surface area contributed by atoms with Gasteiger partial charge in [0.15, 0.2) is 0 Å². The van der Waals surface area contributed by atoms with Crippen LogP contribution in [0.25, 0.3) is 21.8 Å². The third-order valence-corrected chi connectivity index (χ3v) is 19.3. The highest BCUT2D eigenvalue weighted by Crippen LogP contribution is 2.45. The molecule has 100 heavy (non-hydrogen) atoms. The molecule has 0 unspecified atom stereocenters. The molecular formula is C72H96N14O12S2. The molecule has 2 aliphatic rings. The third-order valence-electron chi connectivity index (χ3n) is 18.6. The van der Waals surface area contributed by atoms with Gasteiger partial charge in [-0.25, -0.2) is 0 Å². The number of hydrogen-bond acceptors (Lipinski definition) is 16. The molecule has 28 heteroatoms. The van der Waals surface area contributed by atoms with Gasteiger partial charge in [0.1, 0.15) is 54.1 Å². The van der Waals surface area contributed by atoms with Gasteiger partial charge in [-0.1, -0.05) is 86.6 Å². The van der Waals surface area contributed by atoms with Gasteiger partial charge in [0.2, 0.25) is 59.1 Å². The first-order valence-electron chi connectivity index (χ1n) is 34.4. The Morgan fingerprint density at radius 1 is 0.600 bits per heavy atom. The maximum absolute atomic E-state index is 15.0. The van der Waals surface area contributed by atoms with E-state index in [1.54, 1.807) is 61.7 Å². The van der Waals surface area contributed by atoms with Crippen LogP contribution in [0.1, 0.15) is 112 Å². The highest BCUT2D eigenvalue weighted by molar-refractivity contribution is 7.80. The maximum atomic E-state index is 15.0. The molecule has 8 rings (SSSR count). The van der Waals surface area contributed by atoms with Crippen molar-refractivity contribution in [1.82, 2.24) is 62.7 Å². The standard InChI is InChI=1S/C72H96N14O12S2/c1-4-29-86-38-44(30-50-49-18-13-21-53-63(49)46(37-76-53)34-60(50)86)35-77-61(89)22-14-23-62(90)78-55(31-42-15-7-6-8-16-42)68(94)84-58(39-99)71(97)81-56(32-43-24-26-47(88)27-25-43)69(95)82-57(33-45-36-75-52-19-10-9-17-48(45)52)70(96)80-54(20-11-12-28-73)67(93)79-51(5-2)66(92)83-59(40-100)72(98)85-64(41(3)87)65(74)91/h6-10,13,15-19,21,24-27,36-37,41,44,50-51,54-60,64,75-76,87-88,99-100H,4-5,11-12,14,20,22-23,28-35,38-40,73H2,1-3H3,(H2,74,91)(H,77,89)(H,78,90)(H,79,93)(H,80,96)(H,81,97)(H,82,95)(H,83,92)(H,84,94)(H,85,98)/t41-,44+,50-,51+,54+,55-,56+,57-,58+,59+,60-,64+/m1/s1. The molecule has 2 aromatic heterocycles. The SMILES string of the molecule is CCCN1C[C@H](CNC(=O)CCCC(=O)N[C@H](Cc2ccccc2)C(=O)N[C@@H](CS)C(=O)N[C@@H](Cc2ccc(O)cc2)C(=O)N[C@H](Cc2c[nH]c3ccccc23)C(=O)N[C@@H](CCCCN)C(=O)N[C@@H](CC)C(=O)N[C@@H](CS)C(=O)N[C@H](C(N)=O)[C@@H](C)O)C[C@@H]2c3cccc4[nH]cc(c34)C[C@H]21. The number of carbonyl (C=O) groups is 10. The monoisotopic (exact) mass is 1410 g/mol. The number of nitrogens with zero attached hydrogens (tertiary/aromatic N) is 1. The van der Waals surface area contributed by atoms with Gasteiger partial charge in [0, 0.05) is 103 Å². The highest BCUT2D eigenvalue weighted by Gasteiger charge is 2.41. The summed E-state index contributed by atoms with van der Waals surface area (Å²) < 4.78 is 0. The number of aromatic nitrogens is 2. The van der Waals surface area contributed by atoms with Crippen molar-refractivity contribution < 1.29 is 58.2 Å². The van der Waals surface area contributed by atoms with Gasteiger partial charge >= 0.3 is 0 Å². The van der Waals surface area contributed by atoms with Gasteiger partial charge in [0.25, 0.3) is 0 Å². The quantitative estimate of drug-likeness (QED) is 0.0195. The first kappa shape index (κ1) is 76.8. The number of nitrogens with two attached hydrogens (primary N) is 2.